The minimum Gasteiger partial charge on any atom is -0.493 e. The molecule has 0 amide bonds. The highest BCUT2D eigenvalue weighted by Crippen LogP contribution is 2.50. The van der Waals surface area contributed by atoms with E-state index in [1.54, 1.807) is 71.1 Å². The molecule has 6 rings (SSSR count). The van der Waals surface area contributed by atoms with Crippen molar-refractivity contribution in [2.24, 2.45) is 5.41 Å². The van der Waals surface area contributed by atoms with E-state index < -0.39 is 17.4 Å². The molecule has 16 heteroatoms. The highest BCUT2D eigenvalue weighted by molar-refractivity contribution is 5.74. The van der Waals surface area contributed by atoms with E-state index >= 15 is 0 Å². The Balaban J connectivity index is 1.34. The second-order valence-electron chi connectivity index (χ2n) is 20.0. The summed E-state index contributed by atoms with van der Waals surface area (Å²) in [4.78, 5) is 25.5. The standard InChI is InChI=1S/C57H78N2O14/c1-58(26-19-38-31-44(64-3)46(66-5)35-41(38)43(58)28-37-29-48(68-7)54(72-11)49(30-37)69-8)24-16-22-57(56(62)63,21-15-13-14-18-52(60)61)23-17-25-59(2)27-20-39-32-45(65-4)47(67-6)36-42(39)53(59)40-33-50(70-9)55(73-12)51(34-40)71-10/h29-36,43,53H,13-28H2,1-12H3/p+2/t43-,53-,57?,58+,59+/m1/s1. The van der Waals surface area contributed by atoms with Gasteiger partial charge in [0.25, 0.3) is 0 Å². The lowest BCUT2D eigenvalue weighted by Crippen LogP contribution is -2.53. The summed E-state index contributed by atoms with van der Waals surface area (Å²) >= 11 is 0. The number of carbonyl (C=O) groups is 2. The maximum atomic E-state index is 14.0. The van der Waals surface area contributed by atoms with Crippen LogP contribution in [0.4, 0.5) is 0 Å². The van der Waals surface area contributed by atoms with Crippen molar-refractivity contribution in [3.8, 4) is 57.5 Å². The molecule has 0 aliphatic carbocycles. The van der Waals surface area contributed by atoms with Crippen LogP contribution in [0.25, 0.3) is 0 Å². The summed E-state index contributed by atoms with van der Waals surface area (Å²) in [5.41, 5.74) is 5.49. The first kappa shape index (κ1) is 56.0. The van der Waals surface area contributed by atoms with Crippen molar-refractivity contribution in [1.29, 1.82) is 0 Å². The first-order valence-electron chi connectivity index (χ1n) is 25.3. The molecule has 2 heterocycles. The predicted octanol–water partition coefficient (Wildman–Crippen LogP) is 9.52. The van der Waals surface area contributed by atoms with Crippen LogP contribution in [0.15, 0.2) is 48.5 Å². The van der Waals surface area contributed by atoms with Crippen LogP contribution in [0.2, 0.25) is 0 Å². The van der Waals surface area contributed by atoms with E-state index in [0.717, 1.165) is 60.3 Å². The maximum Gasteiger partial charge on any atom is 0.309 e. The molecule has 400 valence electrons. The van der Waals surface area contributed by atoms with E-state index in [-0.39, 0.29) is 18.5 Å². The van der Waals surface area contributed by atoms with Crippen molar-refractivity contribution in [3.05, 3.63) is 81.9 Å². The number of carboxylic acid groups (broad SMARTS) is 2. The quantitative estimate of drug-likeness (QED) is 0.0408. The van der Waals surface area contributed by atoms with Gasteiger partial charge in [0.15, 0.2) is 46.0 Å². The maximum absolute atomic E-state index is 14.0. The molecule has 2 aliphatic heterocycles. The number of quaternary nitrogens is 2. The van der Waals surface area contributed by atoms with Gasteiger partial charge in [-0.25, -0.2) is 0 Å². The number of unbranched alkanes of at least 4 members (excludes halogenated alkanes) is 2. The molecule has 4 aromatic carbocycles. The third kappa shape index (κ3) is 12.1. The molecule has 0 fully saturated rings. The number of rotatable bonds is 28. The smallest absolute Gasteiger partial charge is 0.309 e. The molecule has 0 aromatic heterocycles. The van der Waals surface area contributed by atoms with Crippen LogP contribution in [0.3, 0.4) is 0 Å². The molecule has 2 N–H and O–H groups in total. The van der Waals surface area contributed by atoms with Crippen LogP contribution in [0.5, 0.6) is 57.5 Å². The van der Waals surface area contributed by atoms with E-state index in [9.17, 15) is 19.8 Å². The lowest BCUT2D eigenvalue weighted by atomic mass is 9.74. The molecule has 0 bridgehead atoms. The molecule has 73 heavy (non-hydrogen) atoms. The third-order valence-electron chi connectivity index (χ3n) is 15.9. The van der Waals surface area contributed by atoms with Gasteiger partial charge in [0, 0.05) is 42.4 Å². The Morgan fingerprint density at radius 3 is 1.40 bits per heavy atom. The normalized spacial score (nSPS) is 19.8. The predicted molar refractivity (Wildman–Crippen MR) is 278 cm³/mol. The number of hydrogen-bond donors (Lipinski definition) is 2. The zero-order valence-corrected chi connectivity index (χ0v) is 45.3. The summed E-state index contributed by atoms with van der Waals surface area (Å²) in [5.74, 6) is 4.20. The molecule has 0 saturated carbocycles. The fraction of sp³-hybridized carbons (Fsp3) is 0.544. The molecule has 0 spiro atoms. The molecular formula is C57H80N2O14+2. The Morgan fingerprint density at radius 2 is 0.932 bits per heavy atom. The lowest BCUT2D eigenvalue weighted by molar-refractivity contribution is -0.941. The Labute approximate surface area is 432 Å². The molecule has 5 atom stereocenters. The second kappa shape index (κ2) is 24.6. The molecule has 0 saturated heterocycles. The molecular weight excluding hydrogens is 937 g/mol. The molecule has 1 unspecified atom stereocenters. The van der Waals surface area contributed by atoms with Gasteiger partial charge in [-0.1, -0.05) is 12.8 Å². The van der Waals surface area contributed by atoms with E-state index in [0.29, 0.717) is 131 Å². The van der Waals surface area contributed by atoms with Crippen molar-refractivity contribution >= 4 is 11.9 Å². The van der Waals surface area contributed by atoms with Crippen LogP contribution >= 0.6 is 0 Å². The summed E-state index contributed by atoms with van der Waals surface area (Å²) in [7, 11) is 20.8. The zero-order chi connectivity index (χ0) is 53.1. The van der Waals surface area contributed by atoms with Crippen LogP contribution in [-0.4, -0.2) is 142 Å². The SMILES string of the molecule is COc1cc2c(cc1OC)[C@@H](c1cc(OC)c(OC)c(OC)c1)[N@@+](C)(CCCC(CCCCCC(=O)O)(CCC[N@@+]1(C)CCc3cc(OC)c(OC)cc3[C@H]1Cc1cc(OC)c(OC)c(OC)c1)C(=O)O)CC2. The summed E-state index contributed by atoms with van der Waals surface area (Å²) in [6.07, 6.45) is 6.65. The van der Waals surface area contributed by atoms with E-state index in [4.69, 9.17) is 47.4 Å². The monoisotopic (exact) mass is 1020 g/mol. The minimum absolute atomic E-state index is 0.0428. The first-order chi connectivity index (χ1) is 35.0. The van der Waals surface area contributed by atoms with Crippen LogP contribution < -0.4 is 47.4 Å². The third-order valence-corrected chi connectivity index (χ3v) is 15.9. The van der Waals surface area contributed by atoms with Gasteiger partial charge >= 0.3 is 11.9 Å². The van der Waals surface area contributed by atoms with Crippen LogP contribution in [0, 0.1) is 5.41 Å². The average Bonchev–Trinajstić information content (AvgIpc) is 3.39. The van der Waals surface area contributed by atoms with Crippen molar-refractivity contribution in [2.75, 3.05) is 111 Å². The number of hydrogen-bond acceptors (Lipinski definition) is 12. The van der Waals surface area contributed by atoms with Gasteiger partial charge in [0.05, 0.1) is 117 Å². The summed E-state index contributed by atoms with van der Waals surface area (Å²) < 4.78 is 59.2. The largest absolute Gasteiger partial charge is 0.493 e. The topological polar surface area (TPSA) is 167 Å². The van der Waals surface area contributed by atoms with E-state index in [2.05, 4.69) is 38.4 Å². The highest BCUT2D eigenvalue weighted by Gasteiger charge is 2.45. The number of nitrogens with zero attached hydrogens (tertiary/aromatic N) is 2. The van der Waals surface area contributed by atoms with Crippen molar-refractivity contribution in [1.82, 2.24) is 0 Å². The van der Waals surface area contributed by atoms with Crippen LogP contribution in [-0.2, 0) is 28.9 Å². The van der Waals surface area contributed by atoms with Gasteiger partial charge < -0.3 is 66.5 Å². The van der Waals surface area contributed by atoms with Gasteiger partial charge in [0.1, 0.15) is 12.1 Å². The van der Waals surface area contributed by atoms with Gasteiger partial charge in [-0.15, -0.1) is 0 Å². The Morgan fingerprint density at radius 1 is 0.507 bits per heavy atom. The number of methoxy groups -OCH3 is 10. The van der Waals surface area contributed by atoms with Gasteiger partial charge in [-0.2, -0.15) is 0 Å². The van der Waals surface area contributed by atoms with E-state index in [1.165, 1.54) is 5.56 Å². The number of likely N-dealkylation sites (N-methyl/N-ethyl adjacent to an activating group) is 2. The highest BCUT2D eigenvalue weighted by atomic mass is 16.5. The fourth-order valence-electron chi connectivity index (χ4n) is 11.9. The Bertz CT molecular complexity index is 2500. The zero-order valence-electron chi connectivity index (χ0n) is 45.3. The number of benzene rings is 4. The van der Waals surface area contributed by atoms with Gasteiger partial charge in [-0.05, 0) is 104 Å². The lowest BCUT2D eigenvalue weighted by Gasteiger charge is -2.47. The fourth-order valence-corrected chi connectivity index (χ4v) is 11.9. The summed E-state index contributed by atoms with van der Waals surface area (Å²) in [6.45, 7) is 3.00. The van der Waals surface area contributed by atoms with Crippen molar-refractivity contribution in [2.45, 2.75) is 89.1 Å². The van der Waals surface area contributed by atoms with Crippen molar-refractivity contribution < 1.29 is 76.1 Å². The van der Waals surface area contributed by atoms with E-state index in [1.807, 2.05) is 24.3 Å². The summed E-state index contributed by atoms with van der Waals surface area (Å²) in [6, 6.07) is 16.1. The van der Waals surface area contributed by atoms with Crippen LogP contribution in [0.1, 0.15) is 103 Å². The molecule has 0 radical (unpaired) electrons. The average molecular weight is 1020 g/mol. The molecule has 2 aliphatic rings. The minimum atomic E-state index is -1.05. The molecule has 16 nitrogen and oxygen atoms in total. The van der Waals surface area contributed by atoms with Crippen molar-refractivity contribution in [3.63, 3.8) is 0 Å². The summed E-state index contributed by atoms with van der Waals surface area (Å²) in [5, 5.41) is 20.9. The number of carboxylic acids is 2. The Hall–Kier alpha value is -6.26. The second-order valence-corrected chi connectivity index (χ2v) is 20.0. The Kier molecular flexibility index (Phi) is 18.9. The first-order valence-corrected chi connectivity index (χ1v) is 25.3. The van der Waals surface area contributed by atoms with Gasteiger partial charge in [0.2, 0.25) is 11.5 Å². The van der Waals surface area contributed by atoms with Gasteiger partial charge in [-0.3, -0.25) is 9.59 Å². The number of aliphatic carboxylic acids is 2. The number of ether oxygens (including phenoxy) is 10. The molecule has 4 aromatic rings. The number of fused-ring (bicyclic) bond motifs is 2.